The van der Waals surface area contributed by atoms with Crippen molar-refractivity contribution in [2.24, 2.45) is 4.99 Å². The summed E-state index contributed by atoms with van der Waals surface area (Å²) in [4.78, 5) is 32.1. The molecule has 1 unspecified atom stereocenters. The monoisotopic (exact) mass is 541 g/mol. The zero-order valence-electron chi connectivity index (χ0n) is 23.5. The lowest BCUT2D eigenvalue weighted by atomic mass is 9.96. The van der Waals surface area contributed by atoms with Crippen LogP contribution in [0.2, 0.25) is 0 Å². The van der Waals surface area contributed by atoms with Crippen LogP contribution in [0.3, 0.4) is 0 Å². The van der Waals surface area contributed by atoms with Gasteiger partial charge in [0.15, 0.2) is 0 Å². The minimum absolute atomic E-state index is 0.0287. The van der Waals surface area contributed by atoms with Crippen molar-refractivity contribution in [3.8, 4) is 0 Å². The molecule has 0 saturated heterocycles. The number of ether oxygens (including phenoxy) is 1. The van der Waals surface area contributed by atoms with E-state index in [1.165, 1.54) is 0 Å². The maximum absolute atomic E-state index is 13.2. The van der Waals surface area contributed by atoms with Gasteiger partial charge in [0.25, 0.3) is 0 Å². The topological polar surface area (TPSA) is 95.1 Å². The Balaban J connectivity index is 1.47. The van der Waals surface area contributed by atoms with Gasteiger partial charge in [-0.25, -0.2) is 4.79 Å². The van der Waals surface area contributed by atoms with Crippen molar-refractivity contribution < 1.29 is 14.3 Å². The second kappa shape index (κ2) is 13.6. The maximum atomic E-state index is 13.2. The number of guanidine groups is 1. The highest BCUT2D eigenvalue weighted by atomic mass is 16.6. The molecular weight excluding hydrogens is 502 g/mol. The number of rotatable bonds is 10. The molecule has 4 rings (SSSR count). The molecule has 0 bridgehead atoms. The molecule has 1 atom stereocenters. The molecule has 8 nitrogen and oxygen atoms in total. The van der Waals surface area contributed by atoms with Crippen LogP contribution in [0.4, 0.5) is 16.2 Å². The summed E-state index contributed by atoms with van der Waals surface area (Å²) in [6.07, 6.45) is 1.42. The van der Waals surface area contributed by atoms with Crippen LogP contribution in [0.25, 0.3) is 0 Å². The molecule has 0 spiro atoms. The summed E-state index contributed by atoms with van der Waals surface area (Å²) in [6, 6.07) is 27.8. The van der Waals surface area contributed by atoms with Crippen molar-refractivity contribution in [1.82, 2.24) is 10.6 Å². The smallest absolute Gasteiger partial charge is 0.407 e. The Morgan fingerprint density at radius 3 is 2.30 bits per heavy atom. The van der Waals surface area contributed by atoms with Crippen LogP contribution >= 0.6 is 0 Å². The fraction of sp³-hybridized carbons (Fsp3) is 0.344. The molecular formula is C32H39N5O3. The van der Waals surface area contributed by atoms with Gasteiger partial charge in [0.1, 0.15) is 5.60 Å². The normalized spacial score (nSPS) is 15.6. The summed E-state index contributed by atoms with van der Waals surface area (Å²) in [7, 11) is 0. The zero-order chi connectivity index (χ0) is 28.4. The summed E-state index contributed by atoms with van der Waals surface area (Å²) in [5.74, 6) is 0.671. The van der Waals surface area contributed by atoms with Gasteiger partial charge in [-0.1, -0.05) is 66.7 Å². The van der Waals surface area contributed by atoms with E-state index < -0.39 is 11.7 Å². The first-order chi connectivity index (χ1) is 19.3. The molecule has 3 N–H and O–H groups in total. The molecule has 40 heavy (non-hydrogen) atoms. The fourth-order valence-electron chi connectivity index (χ4n) is 4.55. The lowest BCUT2D eigenvalue weighted by molar-refractivity contribution is -0.121. The number of benzene rings is 3. The summed E-state index contributed by atoms with van der Waals surface area (Å²) in [5, 5.41) is 9.38. The third kappa shape index (κ3) is 8.33. The van der Waals surface area contributed by atoms with Gasteiger partial charge in [-0.05, 0) is 62.9 Å². The van der Waals surface area contributed by atoms with Crippen molar-refractivity contribution in [2.45, 2.75) is 58.2 Å². The Kier molecular flexibility index (Phi) is 9.78. The van der Waals surface area contributed by atoms with Crippen molar-refractivity contribution in [1.29, 1.82) is 0 Å². The first-order valence-corrected chi connectivity index (χ1v) is 13.8. The van der Waals surface area contributed by atoms with Crippen LogP contribution in [-0.2, 0) is 16.1 Å². The molecule has 210 valence electrons. The average molecular weight is 542 g/mol. The first kappa shape index (κ1) is 28.7. The molecule has 8 heteroatoms. The number of nitrogens with zero attached hydrogens (tertiary/aromatic N) is 2. The highest BCUT2D eigenvalue weighted by Gasteiger charge is 2.33. The Labute approximate surface area is 236 Å². The Morgan fingerprint density at radius 1 is 0.900 bits per heavy atom. The Morgan fingerprint density at radius 2 is 1.57 bits per heavy atom. The molecule has 0 aliphatic carbocycles. The van der Waals surface area contributed by atoms with E-state index in [9.17, 15) is 9.59 Å². The number of para-hydroxylation sites is 2. The number of hydrogen-bond acceptors (Lipinski definition) is 4. The Hall–Kier alpha value is -4.33. The lowest BCUT2D eigenvalue weighted by Gasteiger charge is -2.40. The number of nitrogens with one attached hydrogen (secondary N) is 3. The van der Waals surface area contributed by atoms with Crippen molar-refractivity contribution in [3.63, 3.8) is 0 Å². The van der Waals surface area contributed by atoms with E-state index >= 15 is 0 Å². The molecule has 3 aromatic rings. The highest BCUT2D eigenvalue weighted by molar-refractivity contribution is 6.09. The van der Waals surface area contributed by atoms with Crippen molar-refractivity contribution in [3.05, 3.63) is 96.1 Å². The summed E-state index contributed by atoms with van der Waals surface area (Å²) < 4.78 is 5.29. The van der Waals surface area contributed by atoms with E-state index in [-0.39, 0.29) is 18.4 Å². The second-order valence-electron chi connectivity index (χ2n) is 10.7. The minimum atomic E-state index is -0.519. The first-order valence-electron chi connectivity index (χ1n) is 13.8. The van der Waals surface area contributed by atoms with Crippen LogP contribution in [0.5, 0.6) is 0 Å². The quantitative estimate of drug-likeness (QED) is 0.273. The molecule has 1 aliphatic rings. The van der Waals surface area contributed by atoms with Crippen LogP contribution in [0, 0.1) is 0 Å². The molecule has 1 aliphatic heterocycles. The summed E-state index contributed by atoms with van der Waals surface area (Å²) in [5.41, 5.74) is 3.48. The number of fused-ring (bicyclic) bond motifs is 1. The fourth-order valence-corrected chi connectivity index (χ4v) is 4.55. The van der Waals surface area contributed by atoms with E-state index in [1.54, 1.807) is 0 Å². The lowest BCUT2D eigenvalue weighted by Crippen LogP contribution is -2.45. The standard InChI is InChI=1S/C32H39N5O3/c1-32(2,3)40-31(39)34-21-13-12-20-33-30-36-27-19-11-10-18-26(27)28(37(30)25-16-8-5-9-17-25)22-29(38)35-23-24-14-6-4-7-15-24/h4-11,14-19,28H,12-13,20-23H2,1-3H3,(H,33,36)(H,34,39)(H,35,38). The number of aliphatic imine (C=N–C) groups is 1. The van der Waals surface area contributed by atoms with Gasteiger partial charge in [0, 0.05) is 31.0 Å². The van der Waals surface area contributed by atoms with Crippen molar-refractivity contribution in [2.75, 3.05) is 23.3 Å². The third-order valence-electron chi connectivity index (χ3n) is 6.37. The predicted octanol–water partition coefficient (Wildman–Crippen LogP) is 6.03. The maximum Gasteiger partial charge on any atom is 0.407 e. The number of alkyl carbamates (subject to hydrolysis) is 1. The number of hydrogen-bond donors (Lipinski definition) is 3. The second-order valence-corrected chi connectivity index (χ2v) is 10.7. The van der Waals surface area contributed by atoms with Gasteiger partial charge in [0.05, 0.1) is 12.5 Å². The summed E-state index contributed by atoms with van der Waals surface area (Å²) >= 11 is 0. The van der Waals surface area contributed by atoms with E-state index in [4.69, 9.17) is 9.73 Å². The summed E-state index contributed by atoms with van der Waals surface area (Å²) in [6.45, 7) is 7.10. The number of unbranched alkanes of at least 4 members (excludes halogenated alkanes) is 1. The molecule has 3 aromatic carbocycles. The molecule has 0 fully saturated rings. The van der Waals surface area contributed by atoms with E-state index in [0.717, 1.165) is 35.3 Å². The number of anilines is 2. The third-order valence-corrected chi connectivity index (χ3v) is 6.37. The van der Waals surface area contributed by atoms with Gasteiger partial charge in [-0.2, -0.15) is 0 Å². The number of carbonyl (C=O) groups is 2. The number of carbonyl (C=O) groups excluding carboxylic acids is 2. The van der Waals surface area contributed by atoms with Gasteiger partial charge in [-0.15, -0.1) is 0 Å². The SMILES string of the molecule is CC(C)(C)OC(=O)NCCCCN=C1Nc2ccccc2C(CC(=O)NCc2ccccc2)N1c1ccccc1. The van der Waals surface area contributed by atoms with Gasteiger partial charge < -0.3 is 25.6 Å². The van der Waals surface area contributed by atoms with Gasteiger partial charge >= 0.3 is 6.09 Å². The van der Waals surface area contributed by atoms with Crippen LogP contribution in [0.15, 0.2) is 89.9 Å². The van der Waals surface area contributed by atoms with E-state index in [1.807, 2.05) is 99.6 Å². The average Bonchev–Trinajstić information content (AvgIpc) is 2.94. The van der Waals surface area contributed by atoms with Crippen LogP contribution in [0.1, 0.15) is 57.2 Å². The predicted molar refractivity (Wildman–Crippen MR) is 160 cm³/mol. The van der Waals surface area contributed by atoms with Gasteiger partial charge in [-0.3, -0.25) is 9.79 Å². The van der Waals surface area contributed by atoms with E-state index in [0.29, 0.717) is 25.6 Å². The number of amides is 2. The van der Waals surface area contributed by atoms with Crippen LogP contribution < -0.4 is 20.9 Å². The molecule has 1 heterocycles. The molecule has 0 saturated carbocycles. The van der Waals surface area contributed by atoms with Crippen molar-refractivity contribution >= 4 is 29.3 Å². The van der Waals surface area contributed by atoms with Gasteiger partial charge in [0.2, 0.25) is 11.9 Å². The highest BCUT2D eigenvalue weighted by Crippen LogP contribution is 2.38. The van der Waals surface area contributed by atoms with E-state index in [2.05, 4.69) is 26.9 Å². The molecule has 0 radical (unpaired) electrons. The molecule has 0 aromatic heterocycles. The largest absolute Gasteiger partial charge is 0.444 e. The zero-order valence-corrected chi connectivity index (χ0v) is 23.5. The molecule has 2 amide bonds. The minimum Gasteiger partial charge on any atom is -0.444 e. The van der Waals surface area contributed by atoms with Crippen LogP contribution in [-0.4, -0.2) is 36.7 Å². The Bertz CT molecular complexity index is 1290.